The van der Waals surface area contributed by atoms with Crippen LogP contribution in [0.3, 0.4) is 0 Å². The van der Waals surface area contributed by atoms with Gasteiger partial charge in [-0.15, -0.1) is 0 Å². The largest absolute Gasteiger partial charge is 0.494 e. The number of nitrogens with zero attached hydrogens (tertiary/aromatic N) is 1. The minimum Gasteiger partial charge on any atom is -0.494 e. The number of aryl methyl sites for hydroxylation is 1. The molecule has 1 atom stereocenters. The van der Waals surface area contributed by atoms with Crippen LogP contribution >= 0.6 is 0 Å². The van der Waals surface area contributed by atoms with E-state index in [1.165, 1.54) is 16.7 Å². The Bertz CT molecular complexity index is 1430. The van der Waals surface area contributed by atoms with E-state index in [4.69, 9.17) is 14.3 Å². The summed E-state index contributed by atoms with van der Waals surface area (Å²) in [6, 6.07) is 25.2. The first-order chi connectivity index (χ1) is 20.9. The number of carbonyl (C=O) groups is 1. The van der Waals surface area contributed by atoms with Gasteiger partial charge in [0.15, 0.2) is 20.9 Å². The number of benzene rings is 3. The van der Waals surface area contributed by atoms with Crippen LogP contribution in [0.1, 0.15) is 51.0 Å². The Morgan fingerprint density at radius 2 is 1.72 bits per heavy atom. The predicted molar refractivity (Wildman–Crippen MR) is 166 cm³/mol. The molecule has 1 N–H and O–H groups in total. The summed E-state index contributed by atoms with van der Waals surface area (Å²) in [7, 11) is -4.03. The van der Waals surface area contributed by atoms with Crippen molar-refractivity contribution in [3.63, 3.8) is 0 Å². The molecule has 9 heteroatoms. The molecule has 43 heavy (non-hydrogen) atoms. The molecular weight excluding hydrogens is 564 g/mol. The van der Waals surface area contributed by atoms with Gasteiger partial charge in [0.05, 0.1) is 11.5 Å². The van der Waals surface area contributed by atoms with Gasteiger partial charge in [-0.1, -0.05) is 61.5 Å². The van der Waals surface area contributed by atoms with Crippen LogP contribution in [0.5, 0.6) is 5.75 Å². The SMILES string of the molecule is CCN1CCC(C(=O)NOC2CCCCO2)(S(=O)(=O)c2ccc(OCCCc3cccc(-c4ccccc4)c3)cc2)CC1. The maximum absolute atomic E-state index is 14.0. The van der Waals surface area contributed by atoms with E-state index in [2.05, 4.69) is 46.8 Å². The normalized spacial score (nSPS) is 19.0. The molecule has 2 aliphatic heterocycles. The number of hydroxylamine groups is 1. The Kier molecular flexibility index (Phi) is 10.5. The molecule has 0 aromatic heterocycles. The first kappa shape index (κ1) is 31.2. The standard InChI is InChI=1S/C34H42N2O6S/c1-2-36-22-20-34(21-23-36,33(37)35-42-32-15-6-7-24-41-32)43(38,39)31-18-16-30(17-19-31)40-25-9-11-27-10-8-14-29(26-27)28-12-4-3-5-13-28/h3-5,8,10,12-14,16-19,26,32H,2,6-7,9,11,15,20-25H2,1H3,(H,35,37). The Hall–Kier alpha value is -3.24. The first-order valence-electron chi connectivity index (χ1n) is 15.3. The number of hydrogen-bond acceptors (Lipinski definition) is 7. The van der Waals surface area contributed by atoms with Gasteiger partial charge in [0.2, 0.25) is 0 Å². The highest BCUT2D eigenvalue weighted by atomic mass is 32.2. The lowest BCUT2D eigenvalue weighted by Crippen LogP contribution is -2.58. The average Bonchev–Trinajstić information content (AvgIpc) is 3.06. The van der Waals surface area contributed by atoms with Gasteiger partial charge in [0, 0.05) is 26.1 Å². The zero-order chi connectivity index (χ0) is 30.1. The molecule has 2 saturated heterocycles. The van der Waals surface area contributed by atoms with Crippen molar-refractivity contribution in [3.05, 3.63) is 84.4 Å². The summed E-state index contributed by atoms with van der Waals surface area (Å²) in [5, 5.41) is 0. The molecule has 1 amide bonds. The Labute approximate surface area is 255 Å². The van der Waals surface area contributed by atoms with Gasteiger partial charge < -0.3 is 14.4 Å². The lowest BCUT2D eigenvalue weighted by molar-refractivity contribution is -0.202. The summed E-state index contributed by atoms with van der Waals surface area (Å²) in [6.07, 6.45) is 4.05. The summed E-state index contributed by atoms with van der Waals surface area (Å²) < 4.78 is 38.0. The molecule has 2 fully saturated rings. The van der Waals surface area contributed by atoms with Crippen LogP contribution in [0.4, 0.5) is 0 Å². The summed E-state index contributed by atoms with van der Waals surface area (Å²) in [5.74, 6) is -0.0387. The molecule has 8 nitrogen and oxygen atoms in total. The summed E-state index contributed by atoms with van der Waals surface area (Å²) in [4.78, 5) is 21.3. The number of piperidine rings is 1. The molecule has 2 aliphatic rings. The lowest BCUT2D eigenvalue weighted by Gasteiger charge is -2.39. The van der Waals surface area contributed by atoms with E-state index < -0.39 is 26.8 Å². The third-order valence-electron chi connectivity index (χ3n) is 8.51. The topological polar surface area (TPSA) is 94.2 Å². The molecular formula is C34H42N2O6S. The van der Waals surface area contributed by atoms with E-state index in [9.17, 15) is 13.2 Å². The maximum atomic E-state index is 14.0. The highest BCUT2D eigenvalue weighted by Crippen LogP contribution is 2.37. The molecule has 230 valence electrons. The van der Waals surface area contributed by atoms with E-state index in [1.807, 2.05) is 25.1 Å². The van der Waals surface area contributed by atoms with Gasteiger partial charge in [-0.05, 0) is 86.0 Å². The van der Waals surface area contributed by atoms with E-state index in [0.29, 0.717) is 38.5 Å². The fraction of sp³-hybridized carbons (Fsp3) is 0.441. The molecule has 3 aromatic carbocycles. The van der Waals surface area contributed by atoms with Crippen LogP contribution < -0.4 is 10.2 Å². The van der Waals surface area contributed by atoms with E-state index in [1.54, 1.807) is 24.3 Å². The number of nitrogens with one attached hydrogen (secondary N) is 1. The van der Waals surface area contributed by atoms with E-state index >= 15 is 0 Å². The number of carbonyl (C=O) groups excluding carboxylic acids is 1. The maximum Gasteiger partial charge on any atom is 0.265 e. The summed E-state index contributed by atoms with van der Waals surface area (Å²) >= 11 is 0. The lowest BCUT2D eigenvalue weighted by atomic mass is 9.95. The van der Waals surface area contributed by atoms with E-state index in [-0.39, 0.29) is 17.7 Å². The number of amides is 1. The summed E-state index contributed by atoms with van der Waals surface area (Å²) in [5.41, 5.74) is 6.08. The van der Waals surface area contributed by atoms with Crippen molar-refractivity contribution in [2.75, 3.05) is 32.8 Å². The molecule has 0 aliphatic carbocycles. The smallest absolute Gasteiger partial charge is 0.265 e. The second-order valence-corrected chi connectivity index (χ2v) is 13.5. The van der Waals surface area contributed by atoms with Crippen molar-refractivity contribution in [3.8, 4) is 16.9 Å². The molecule has 5 rings (SSSR count). The monoisotopic (exact) mass is 606 g/mol. The van der Waals surface area contributed by atoms with Gasteiger partial charge >= 0.3 is 0 Å². The van der Waals surface area contributed by atoms with Crippen molar-refractivity contribution < 1.29 is 27.5 Å². The third-order valence-corrected chi connectivity index (χ3v) is 11.0. The summed E-state index contributed by atoms with van der Waals surface area (Å²) in [6.45, 7) is 4.92. The number of ether oxygens (including phenoxy) is 2. The zero-order valence-corrected chi connectivity index (χ0v) is 25.7. The van der Waals surface area contributed by atoms with Gasteiger partial charge in [-0.2, -0.15) is 0 Å². The zero-order valence-electron chi connectivity index (χ0n) is 24.9. The number of sulfone groups is 1. The second kappa shape index (κ2) is 14.5. The molecule has 0 spiro atoms. The van der Waals surface area contributed by atoms with Crippen LogP contribution in [-0.4, -0.2) is 63.1 Å². The minimum atomic E-state index is -4.03. The van der Waals surface area contributed by atoms with Crippen LogP contribution in [-0.2, 0) is 30.6 Å². The quantitative estimate of drug-likeness (QED) is 0.213. The van der Waals surface area contributed by atoms with Gasteiger partial charge in [-0.25, -0.2) is 18.7 Å². The highest BCUT2D eigenvalue weighted by Gasteiger charge is 2.53. The van der Waals surface area contributed by atoms with Gasteiger partial charge in [0.25, 0.3) is 5.91 Å². The van der Waals surface area contributed by atoms with E-state index in [0.717, 1.165) is 32.2 Å². The van der Waals surface area contributed by atoms with Crippen molar-refractivity contribution in [1.29, 1.82) is 0 Å². The second-order valence-electron chi connectivity index (χ2n) is 11.3. The van der Waals surface area contributed by atoms with Crippen LogP contribution in [0.15, 0.2) is 83.8 Å². The minimum absolute atomic E-state index is 0.103. The van der Waals surface area contributed by atoms with Crippen molar-refractivity contribution in [1.82, 2.24) is 10.4 Å². The van der Waals surface area contributed by atoms with Crippen molar-refractivity contribution in [2.24, 2.45) is 0 Å². The molecule has 2 heterocycles. The Morgan fingerprint density at radius 3 is 2.42 bits per heavy atom. The third kappa shape index (κ3) is 7.47. The molecule has 0 saturated carbocycles. The van der Waals surface area contributed by atoms with Gasteiger partial charge in [-0.3, -0.25) is 4.79 Å². The highest BCUT2D eigenvalue weighted by molar-refractivity contribution is 7.93. The first-order valence-corrected chi connectivity index (χ1v) is 16.8. The van der Waals surface area contributed by atoms with Crippen LogP contribution in [0.2, 0.25) is 0 Å². The Morgan fingerprint density at radius 1 is 0.977 bits per heavy atom. The molecule has 0 radical (unpaired) electrons. The predicted octanol–water partition coefficient (Wildman–Crippen LogP) is 5.57. The van der Waals surface area contributed by atoms with Gasteiger partial charge in [0.1, 0.15) is 5.75 Å². The fourth-order valence-corrected chi connectivity index (χ4v) is 7.76. The fourth-order valence-electron chi connectivity index (χ4n) is 5.81. The molecule has 0 bridgehead atoms. The average molecular weight is 607 g/mol. The van der Waals surface area contributed by atoms with Crippen molar-refractivity contribution in [2.45, 2.75) is 67.8 Å². The van der Waals surface area contributed by atoms with Crippen LogP contribution in [0.25, 0.3) is 11.1 Å². The van der Waals surface area contributed by atoms with Crippen LogP contribution in [0, 0.1) is 0 Å². The number of hydrogen-bond donors (Lipinski definition) is 1. The molecule has 3 aromatic rings. The Balaban J connectivity index is 1.20. The van der Waals surface area contributed by atoms with Crippen molar-refractivity contribution >= 4 is 15.7 Å². The number of likely N-dealkylation sites (tertiary alicyclic amines) is 1. The number of rotatable bonds is 12. The molecule has 1 unspecified atom stereocenters.